The third kappa shape index (κ3) is 2.50. The molecule has 0 aliphatic carbocycles. The normalized spacial score (nSPS) is 22.1. The van der Waals surface area contributed by atoms with Crippen LogP contribution in [0.1, 0.15) is 42.7 Å². The number of hydrogen-bond acceptors (Lipinski definition) is 3. The van der Waals surface area contributed by atoms with Gasteiger partial charge in [0.05, 0.1) is 0 Å². The molecule has 1 atom stereocenters. The number of hydrogen-bond donors (Lipinski definition) is 1. The van der Waals surface area contributed by atoms with Crippen molar-refractivity contribution in [3.63, 3.8) is 0 Å². The Balaban J connectivity index is 2.36. The molecule has 0 spiro atoms. The van der Waals surface area contributed by atoms with E-state index >= 15 is 0 Å². The quantitative estimate of drug-likeness (QED) is 0.869. The van der Waals surface area contributed by atoms with Crippen LogP contribution in [0.3, 0.4) is 0 Å². The van der Waals surface area contributed by atoms with E-state index in [9.17, 15) is 14.7 Å². The summed E-state index contributed by atoms with van der Waals surface area (Å²) in [6.07, 6.45) is 1.82. The first-order valence-electron chi connectivity index (χ1n) is 6.60. The van der Waals surface area contributed by atoms with Gasteiger partial charge in [-0.15, -0.1) is 0 Å². The summed E-state index contributed by atoms with van der Waals surface area (Å²) < 4.78 is 0. The number of carbonyl (C=O) groups is 2. The number of aliphatic carboxylic acids is 1. The maximum atomic E-state index is 12.6. The van der Waals surface area contributed by atoms with E-state index < -0.39 is 11.5 Å². The van der Waals surface area contributed by atoms with Crippen LogP contribution in [0, 0.1) is 0 Å². The van der Waals surface area contributed by atoms with Gasteiger partial charge in [0.2, 0.25) is 0 Å². The molecule has 1 aromatic heterocycles. The molecule has 0 bridgehead atoms. The van der Waals surface area contributed by atoms with Gasteiger partial charge in [-0.05, 0) is 38.3 Å². The van der Waals surface area contributed by atoms with Crippen molar-refractivity contribution in [1.29, 1.82) is 0 Å². The Morgan fingerprint density at radius 2 is 2.20 bits per heavy atom. The summed E-state index contributed by atoms with van der Waals surface area (Å²) in [6, 6.07) is 3.17. The maximum Gasteiger partial charge on any atom is 0.329 e. The molecule has 108 valence electrons. The van der Waals surface area contributed by atoms with Gasteiger partial charge < -0.3 is 10.0 Å². The van der Waals surface area contributed by atoms with Crippen LogP contribution in [0.5, 0.6) is 0 Å². The SMILES string of the molecule is CCc1cc(C(=O)N2CCCC2(C)C(=O)O)cc(Cl)n1. The summed E-state index contributed by atoms with van der Waals surface area (Å²) in [4.78, 5) is 29.5. The number of amides is 1. The minimum atomic E-state index is -1.14. The van der Waals surface area contributed by atoms with Crippen molar-refractivity contribution >= 4 is 23.5 Å². The van der Waals surface area contributed by atoms with Gasteiger partial charge in [0.25, 0.3) is 5.91 Å². The third-order valence-electron chi connectivity index (χ3n) is 3.80. The van der Waals surface area contributed by atoms with Crippen molar-refractivity contribution in [3.05, 3.63) is 28.5 Å². The van der Waals surface area contributed by atoms with Crippen LogP contribution in [0.4, 0.5) is 0 Å². The zero-order valence-corrected chi connectivity index (χ0v) is 12.3. The van der Waals surface area contributed by atoms with Gasteiger partial charge >= 0.3 is 5.97 Å². The van der Waals surface area contributed by atoms with E-state index in [0.29, 0.717) is 31.4 Å². The van der Waals surface area contributed by atoms with Crippen molar-refractivity contribution in [2.75, 3.05) is 6.54 Å². The van der Waals surface area contributed by atoms with Gasteiger partial charge in [-0.2, -0.15) is 0 Å². The molecule has 1 amide bonds. The number of pyridine rings is 1. The Morgan fingerprint density at radius 3 is 2.80 bits per heavy atom. The van der Waals surface area contributed by atoms with Crippen LogP contribution in [0.2, 0.25) is 5.15 Å². The smallest absolute Gasteiger partial charge is 0.329 e. The standard InChI is InChI=1S/C14H17ClN2O3/c1-3-10-7-9(8-11(15)16-10)12(18)17-6-4-5-14(17,2)13(19)20/h7-8H,3-6H2,1-2H3,(H,19,20). The van der Waals surface area contributed by atoms with Crippen LogP contribution in [-0.2, 0) is 11.2 Å². The van der Waals surface area contributed by atoms with E-state index in [-0.39, 0.29) is 11.1 Å². The first-order chi connectivity index (χ1) is 9.38. The van der Waals surface area contributed by atoms with Crippen LogP contribution in [0.25, 0.3) is 0 Å². The van der Waals surface area contributed by atoms with Crippen LogP contribution in [-0.4, -0.2) is 39.0 Å². The van der Waals surface area contributed by atoms with E-state index in [1.807, 2.05) is 6.92 Å². The Kier molecular flexibility index (Phi) is 3.99. The summed E-state index contributed by atoms with van der Waals surface area (Å²) in [5.41, 5.74) is -0.0209. The molecular weight excluding hydrogens is 280 g/mol. The monoisotopic (exact) mass is 296 g/mol. The van der Waals surface area contributed by atoms with E-state index in [0.717, 1.165) is 5.69 Å². The van der Waals surface area contributed by atoms with Gasteiger partial charge in [-0.1, -0.05) is 18.5 Å². The fourth-order valence-electron chi connectivity index (χ4n) is 2.52. The Labute approximate surface area is 122 Å². The highest BCUT2D eigenvalue weighted by molar-refractivity contribution is 6.29. The molecule has 6 heteroatoms. The number of carboxylic acids is 1. The number of rotatable bonds is 3. The number of carbonyl (C=O) groups excluding carboxylic acids is 1. The number of halogens is 1. The number of carboxylic acid groups (broad SMARTS) is 1. The molecule has 0 saturated carbocycles. The molecule has 1 fully saturated rings. The summed E-state index contributed by atoms with van der Waals surface area (Å²) in [7, 11) is 0. The molecule has 0 radical (unpaired) electrons. The second-order valence-corrected chi connectivity index (χ2v) is 5.55. The van der Waals surface area contributed by atoms with Crippen LogP contribution >= 0.6 is 11.6 Å². The van der Waals surface area contributed by atoms with Crippen LogP contribution < -0.4 is 0 Å². The fraction of sp³-hybridized carbons (Fsp3) is 0.500. The van der Waals surface area contributed by atoms with E-state index in [1.165, 1.54) is 11.0 Å². The lowest BCUT2D eigenvalue weighted by molar-refractivity contribution is -0.147. The predicted molar refractivity (Wildman–Crippen MR) is 74.9 cm³/mol. The second kappa shape index (κ2) is 5.40. The van der Waals surface area contributed by atoms with Gasteiger partial charge in [-0.25, -0.2) is 9.78 Å². The van der Waals surface area contributed by atoms with Crippen molar-refractivity contribution in [2.24, 2.45) is 0 Å². The molecule has 1 N–H and O–H groups in total. The number of nitrogens with zero attached hydrogens (tertiary/aromatic N) is 2. The summed E-state index contributed by atoms with van der Waals surface area (Å²) in [6.45, 7) is 3.96. The number of likely N-dealkylation sites (tertiary alicyclic amines) is 1. The first-order valence-corrected chi connectivity index (χ1v) is 6.98. The average Bonchev–Trinajstić information content (AvgIpc) is 2.80. The lowest BCUT2D eigenvalue weighted by Gasteiger charge is -2.31. The molecule has 1 saturated heterocycles. The highest BCUT2D eigenvalue weighted by atomic mass is 35.5. The van der Waals surface area contributed by atoms with Crippen molar-refractivity contribution in [1.82, 2.24) is 9.88 Å². The van der Waals surface area contributed by atoms with Gasteiger partial charge in [-0.3, -0.25) is 4.79 Å². The summed E-state index contributed by atoms with van der Waals surface area (Å²) in [5, 5.41) is 9.62. The first kappa shape index (κ1) is 14.8. The van der Waals surface area contributed by atoms with Gasteiger partial charge in [0.15, 0.2) is 0 Å². The Morgan fingerprint density at radius 1 is 1.50 bits per heavy atom. The lowest BCUT2D eigenvalue weighted by atomic mass is 9.98. The van der Waals surface area contributed by atoms with Crippen molar-refractivity contribution in [2.45, 2.75) is 38.6 Å². The number of aryl methyl sites for hydroxylation is 1. The Bertz CT molecular complexity index is 561. The fourth-order valence-corrected chi connectivity index (χ4v) is 2.75. The molecule has 5 nitrogen and oxygen atoms in total. The molecule has 2 rings (SSSR count). The molecule has 1 aromatic rings. The van der Waals surface area contributed by atoms with Gasteiger partial charge in [0.1, 0.15) is 10.7 Å². The second-order valence-electron chi connectivity index (χ2n) is 5.16. The highest BCUT2D eigenvalue weighted by Gasteiger charge is 2.46. The maximum absolute atomic E-state index is 12.6. The molecular formula is C14H17ClN2O3. The van der Waals surface area contributed by atoms with E-state index in [1.54, 1.807) is 13.0 Å². The average molecular weight is 297 g/mol. The predicted octanol–water partition coefficient (Wildman–Crippen LogP) is 2.38. The van der Waals surface area contributed by atoms with Crippen LogP contribution in [0.15, 0.2) is 12.1 Å². The van der Waals surface area contributed by atoms with Crippen molar-refractivity contribution in [3.8, 4) is 0 Å². The molecule has 1 unspecified atom stereocenters. The molecule has 1 aliphatic heterocycles. The number of aromatic nitrogens is 1. The topological polar surface area (TPSA) is 70.5 Å². The van der Waals surface area contributed by atoms with E-state index in [2.05, 4.69) is 4.98 Å². The summed E-state index contributed by atoms with van der Waals surface area (Å²) in [5.74, 6) is -1.27. The van der Waals surface area contributed by atoms with E-state index in [4.69, 9.17) is 11.6 Å². The lowest BCUT2D eigenvalue weighted by Crippen LogP contribution is -2.50. The minimum absolute atomic E-state index is 0.254. The zero-order chi connectivity index (χ0) is 14.9. The molecule has 1 aliphatic rings. The Hall–Kier alpha value is -1.62. The highest BCUT2D eigenvalue weighted by Crippen LogP contribution is 2.31. The van der Waals surface area contributed by atoms with Gasteiger partial charge in [0, 0.05) is 17.8 Å². The molecule has 2 heterocycles. The third-order valence-corrected chi connectivity index (χ3v) is 4.00. The summed E-state index contributed by atoms with van der Waals surface area (Å²) >= 11 is 5.91. The largest absolute Gasteiger partial charge is 0.480 e. The minimum Gasteiger partial charge on any atom is -0.480 e. The zero-order valence-electron chi connectivity index (χ0n) is 11.5. The van der Waals surface area contributed by atoms with Crippen molar-refractivity contribution < 1.29 is 14.7 Å². The molecule has 20 heavy (non-hydrogen) atoms. The molecule has 0 aromatic carbocycles.